The molecule has 1 fully saturated rings. The minimum absolute atomic E-state index is 0.134. The van der Waals surface area contributed by atoms with Crippen molar-refractivity contribution < 1.29 is 19.2 Å². The molecule has 3 rings (SSSR count). The fourth-order valence-electron chi connectivity index (χ4n) is 4.64. The zero-order chi connectivity index (χ0) is 23.6. The van der Waals surface area contributed by atoms with Crippen molar-refractivity contribution in [3.05, 3.63) is 29.3 Å². The van der Waals surface area contributed by atoms with Crippen molar-refractivity contribution in [2.45, 2.75) is 57.5 Å². The summed E-state index contributed by atoms with van der Waals surface area (Å²) in [5.74, 6) is -0.270. The molecule has 2 aliphatic rings. The summed E-state index contributed by atoms with van der Waals surface area (Å²) in [5.41, 5.74) is 2.71. The number of carbonyl (C=O) groups is 4. The number of fused-ring (bicyclic) bond motifs is 1. The Morgan fingerprint density at radius 1 is 1.09 bits per heavy atom. The molecule has 180 valence electrons. The number of rotatable bonds is 13. The lowest BCUT2D eigenvalue weighted by molar-refractivity contribution is -0.121. The van der Waals surface area contributed by atoms with E-state index in [1.54, 1.807) is 11.9 Å². The third-order valence-corrected chi connectivity index (χ3v) is 6.71. The summed E-state index contributed by atoms with van der Waals surface area (Å²) < 4.78 is 0. The Hall–Kier alpha value is -2.74. The Morgan fingerprint density at radius 3 is 2.55 bits per heavy atom. The highest BCUT2D eigenvalue weighted by atomic mass is 16.2. The molecule has 1 aromatic carbocycles. The average Bonchev–Trinajstić information content (AvgIpc) is 3.17. The molecule has 2 aliphatic heterocycles. The van der Waals surface area contributed by atoms with Gasteiger partial charge in [0.15, 0.2) is 0 Å². The second-order valence-electron chi connectivity index (χ2n) is 8.89. The Labute approximate surface area is 196 Å². The van der Waals surface area contributed by atoms with Gasteiger partial charge in [-0.05, 0) is 49.6 Å². The van der Waals surface area contributed by atoms with E-state index in [0.29, 0.717) is 24.9 Å². The van der Waals surface area contributed by atoms with Gasteiger partial charge in [0.25, 0.3) is 5.91 Å². The van der Waals surface area contributed by atoms with Gasteiger partial charge in [-0.3, -0.25) is 14.5 Å². The number of hydrogen-bond acceptors (Lipinski definition) is 6. The van der Waals surface area contributed by atoms with Crippen LogP contribution in [0.15, 0.2) is 18.2 Å². The summed E-state index contributed by atoms with van der Waals surface area (Å²) in [6.45, 7) is 5.44. The number of aldehydes is 2. The molecule has 8 nitrogen and oxygen atoms in total. The van der Waals surface area contributed by atoms with Crippen molar-refractivity contribution in [3.8, 4) is 0 Å². The molecule has 0 aliphatic carbocycles. The maximum atomic E-state index is 12.9. The monoisotopic (exact) mass is 456 g/mol. The number of unbranched alkanes of at least 4 members (excludes halogenated alkanes) is 4. The fourth-order valence-corrected chi connectivity index (χ4v) is 4.64. The first-order chi connectivity index (χ1) is 16.1. The number of hydrogen-bond donors (Lipinski definition) is 1. The summed E-state index contributed by atoms with van der Waals surface area (Å²) in [6, 6.07) is 5.37. The number of piperazine rings is 1. The Bertz CT molecular complexity index is 836. The predicted octanol–water partition coefficient (Wildman–Crippen LogP) is 2.01. The Balaban J connectivity index is 1.50. The highest BCUT2D eigenvalue weighted by molar-refractivity contribution is 6.00. The molecule has 0 spiro atoms. The molecule has 2 amide bonds. The molecular formula is C25H36N4O4. The van der Waals surface area contributed by atoms with E-state index in [1.165, 1.54) is 12.8 Å². The molecule has 8 heteroatoms. The predicted molar refractivity (Wildman–Crippen MR) is 127 cm³/mol. The molecule has 1 aromatic rings. The summed E-state index contributed by atoms with van der Waals surface area (Å²) >= 11 is 0. The molecule has 1 saturated heterocycles. The second-order valence-corrected chi connectivity index (χ2v) is 8.89. The fraction of sp³-hybridized carbons (Fsp3) is 0.600. The Morgan fingerprint density at radius 2 is 1.85 bits per heavy atom. The van der Waals surface area contributed by atoms with Crippen molar-refractivity contribution in [3.63, 3.8) is 0 Å². The first-order valence-corrected chi connectivity index (χ1v) is 12.1. The van der Waals surface area contributed by atoms with Crippen LogP contribution in [0.2, 0.25) is 0 Å². The second kappa shape index (κ2) is 12.5. The molecular weight excluding hydrogens is 420 g/mol. The number of carbonyl (C=O) groups excluding carboxylic acids is 4. The first-order valence-electron chi connectivity index (χ1n) is 12.1. The molecule has 0 bridgehead atoms. The van der Waals surface area contributed by atoms with Gasteiger partial charge in [0.2, 0.25) is 5.91 Å². The lowest BCUT2D eigenvalue weighted by atomic mass is 10.1. The van der Waals surface area contributed by atoms with Crippen LogP contribution in [0, 0.1) is 0 Å². The van der Waals surface area contributed by atoms with Crippen molar-refractivity contribution in [1.29, 1.82) is 0 Å². The standard InChI is InChI=1S/C25H36N4O4/c1-26-24(32)10-8-22(19-31)29-18-20-17-21(7-9-23(20)25(29)33)28-14-12-27(13-15-28)11-5-3-2-4-6-16-30/h7,9,16-17,19,22H,2-6,8,10-15,18H2,1H3,(H,26,32). The zero-order valence-electron chi connectivity index (χ0n) is 19.6. The van der Waals surface area contributed by atoms with E-state index in [1.807, 2.05) is 12.1 Å². The smallest absolute Gasteiger partial charge is 0.255 e. The van der Waals surface area contributed by atoms with E-state index >= 15 is 0 Å². The SMILES string of the molecule is CNC(=O)CCC(C=O)N1Cc2cc(N3CCN(CCCCCCC=O)CC3)ccc2C1=O. The summed E-state index contributed by atoms with van der Waals surface area (Å²) in [5, 5.41) is 2.55. The quantitative estimate of drug-likeness (QED) is 0.361. The summed E-state index contributed by atoms with van der Waals surface area (Å²) in [4.78, 5) is 52.8. The minimum Gasteiger partial charge on any atom is -0.369 e. The van der Waals surface area contributed by atoms with Crippen LogP contribution in [0.5, 0.6) is 0 Å². The largest absolute Gasteiger partial charge is 0.369 e. The molecule has 0 radical (unpaired) electrons. The van der Waals surface area contributed by atoms with E-state index in [9.17, 15) is 19.2 Å². The van der Waals surface area contributed by atoms with E-state index in [0.717, 1.165) is 69.4 Å². The minimum atomic E-state index is -0.590. The molecule has 33 heavy (non-hydrogen) atoms. The van der Waals surface area contributed by atoms with E-state index < -0.39 is 6.04 Å². The van der Waals surface area contributed by atoms with E-state index in [2.05, 4.69) is 21.2 Å². The van der Waals surface area contributed by atoms with Crippen molar-refractivity contribution in [2.75, 3.05) is 44.7 Å². The van der Waals surface area contributed by atoms with Gasteiger partial charge >= 0.3 is 0 Å². The van der Waals surface area contributed by atoms with Crippen LogP contribution in [-0.2, 0) is 20.9 Å². The highest BCUT2D eigenvalue weighted by Crippen LogP contribution is 2.30. The molecule has 2 heterocycles. The molecule has 1 unspecified atom stereocenters. The first kappa shape index (κ1) is 24.9. The van der Waals surface area contributed by atoms with Gasteiger partial charge in [0.1, 0.15) is 12.6 Å². The number of amides is 2. The van der Waals surface area contributed by atoms with Gasteiger partial charge in [0.05, 0.1) is 6.04 Å². The molecule has 1 atom stereocenters. The number of nitrogens with one attached hydrogen (secondary N) is 1. The van der Waals surface area contributed by atoms with Crippen LogP contribution in [0.25, 0.3) is 0 Å². The molecule has 0 saturated carbocycles. The van der Waals surface area contributed by atoms with Gasteiger partial charge in [0, 0.05) is 63.9 Å². The van der Waals surface area contributed by atoms with Gasteiger partial charge in [-0.2, -0.15) is 0 Å². The average molecular weight is 457 g/mol. The van der Waals surface area contributed by atoms with Crippen molar-refractivity contribution in [2.24, 2.45) is 0 Å². The third-order valence-electron chi connectivity index (χ3n) is 6.71. The molecule has 1 N–H and O–H groups in total. The normalized spacial score (nSPS) is 17.1. The lowest BCUT2D eigenvalue weighted by Crippen LogP contribution is -2.46. The highest BCUT2D eigenvalue weighted by Gasteiger charge is 2.33. The maximum Gasteiger partial charge on any atom is 0.255 e. The number of nitrogens with zero attached hydrogens (tertiary/aromatic N) is 3. The molecule has 0 aromatic heterocycles. The van der Waals surface area contributed by atoms with Crippen LogP contribution < -0.4 is 10.2 Å². The van der Waals surface area contributed by atoms with Crippen molar-refractivity contribution in [1.82, 2.24) is 15.1 Å². The van der Waals surface area contributed by atoms with Crippen molar-refractivity contribution >= 4 is 30.1 Å². The lowest BCUT2D eigenvalue weighted by Gasteiger charge is -2.36. The zero-order valence-corrected chi connectivity index (χ0v) is 19.6. The van der Waals surface area contributed by atoms with Crippen LogP contribution in [0.3, 0.4) is 0 Å². The van der Waals surface area contributed by atoms with Crippen LogP contribution in [0.4, 0.5) is 5.69 Å². The van der Waals surface area contributed by atoms with Gasteiger partial charge in [-0.15, -0.1) is 0 Å². The Kier molecular flexibility index (Phi) is 9.42. The summed E-state index contributed by atoms with van der Waals surface area (Å²) in [7, 11) is 1.56. The van der Waals surface area contributed by atoms with Crippen LogP contribution >= 0.6 is 0 Å². The van der Waals surface area contributed by atoms with Gasteiger partial charge in [-0.1, -0.05) is 12.8 Å². The van der Waals surface area contributed by atoms with E-state index in [-0.39, 0.29) is 18.2 Å². The number of anilines is 1. The van der Waals surface area contributed by atoms with Crippen LogP contribution in [-0.4, -0.2) is 80.0 Å². The van der Waals surface area contributed by atoms with Gasteiger partial charge < -0.3 is 24.7 Å². The van der Waals surface area contributed by atoms with E-state index in [4.69, 9.17) is 0 Å². The van der Waals surface area contributed by atoms with Gasteiger partial charge in [-0.25, -0.2) is 0 Å². The third kappa shape index (κ3) is 6.63. The number of benzene rings is 1. The van der Waals surface area contributed by atoms with Crippen LogP contribution in [0.1, 0.15) is 60.9 Å². The maximum absolute atomic E-state index is 12.9. The topological polar surface area (TPSA) is 90.0 Å². The summed E-state index contributed by atoms with van der Waals surface area (Å²) in [6.07, 6.45) is 7.46.